The standard InChI is InChI=1S/C21H17ClN4O2/c22-15-10-11-19(23-12-15)25-21(27)13-26-18-9-5-4-8-17(18)24-20(26)14-28-16-6-2-1-3-7-16/h1-12H,13-14H2,(H,23,25,27). The molecule has 0 aliphatic heterocycles. The van der Waals surface area contributed by atoms with Gasteiger partial charge in [-0.05, 0) is 36.4 Å². The lowest BCUT2D eigenvalue weighted by Gasteiger charge is -2.11. The maximum Gasteiger partial charge on any atom is 0.245 e. The van der Waals surface area contributed by atoms with E-state index in [0.717, 1.165) is 16.8 Å². The van der Waals surface area contributed by atoms with Gasteiger partial charge in [-0.15, -0.1) is 0 Å². The smallest absolute Gasteiger partial charge is 0.245 e. The van der Waals surface area contributed by atoms with Crippen molar-refractivity contribution in [1.29, 1.82) is 0 Å². The Labute approximate surface area is 166 Å². The molecule has 0 atom stereocenters. The van der Waals surface area contributed by atoms with Gasteiger partial charge in [0, 0.05) is 6.20 Å². The zero-order valence-electron chi connectivity index (χ0n) is 14.9. The quantitative estimate of drug-likeness (QED) is 0.531. The number of amides is 1. The summed E-state index contributed by atoms with van der Waals surface area (Å²) >= 11 is 5.83. The predicted octanol–water partition coefficient (Wildman–Crippen LogP) is 4.30. The summed E-state index contributed by atoms with van der Waals surface area (Å²) in [6.07, 6.45) is 1.49. The molecule has 0 saturated heterocycles. The van der Waals surface area contributed by atoms with E-state index in [1.54, 1.807) is 12.1 Å². The zero-order valence-corrected chi connectivity index (χ0v) is 15.6. The van der Waals surface area contributed by atoms with Crippen LogP contribution in [0.25, 0.3) is 11.0 Å². The van der Waals surface area contributed by atoms with E-state index in [-0.39, 0.29) is 19.1 Å². The average molecular weight is 393 g/mol. The van der Waals surface area contributed by atoms with Crippen LogP contribution in [0.4, 0.5) is 5.82 Å². The van der Waals surface area contributed by atoms with Gasteiger partial charge >= 0.3 is 0 Å². The maximum absolute atomic E-state index is 12.6. The van der Waals surface area contributed by atoms with Crippen molar-refractivity contribution in [3.8, 4) is 5.75 Å². The minimum Gasteiger partial charge on any atom is -0.486 e. The van der Waals surface area contributed by atoms with Crippen LogP contribution in [0.5, 0.6) is 5.75 Å². The van der Waals surface area contributed by atoms with E-state index in [9.17, 15) is 4.79 Å². The van der Waals surface area contributed by atoms with Crippen LogP contribution >= 0.6 is 11.6 Å². The van der Waals surface area contributed by atoms with Crippen molar-refractivity contribution in [2.45, 2.75) is 13.2 Å². The van der Waals surface area contributed by atoms with Gasteiger partial charge in [-0.3, -0.25) is 4.79 Å². The molecule has 4 rings (SSSR count). The molecule has 1 amide bonds. The van der Waals surface area contributed by atoms with Gasteiger partial charge in [0.1, 0.15) is 30.5 Å². The number of rotatable bonds is 6. The lowest BCUT2D eigenvalue weighted by molar-refractivity contribution is -0.116. The number of benzene rings is 2. The number of carbonyl (C=O) groups excluding carboxylic acids is 1. The summed E-state index contributed by atoms with van der Waals surface area (Å²) in [5, 5.41) is 3.29. The second kappa shape index (κ2) is 8.10. The first-order valence-corrected chi connectivity index (χ1v) is 9.10. The first-order valence-electron chi connectivity index (χ1n) is 8.72. The summed E-state index contributed by atoms with van der Waals surface area (Å²) < 4.78 is 7.68. The molecular weight excluding hydrogens is 376 g/mol. The van der Waals surface area contributed by atoms with Crippen molar-refractivity contribution < 1.29 is 9.53 Å². The largest absolute Gasteiger partial charge is 0.486 e. The van der Waals surface area contributed by atoms with Gasteiger partial charge in [-0.2, -0.15) is 0 Å². The van der Waals surface area contributed by atoms with E-state index < -0.39 is 0 Å². The number of hydrogen-bond donors (Lipinski definition) is 1. The Morgan fingerprint density at radius 1 is 1.04 bits per heavy atom. The molecule has 2 heterocycles. The molecule has 6 nitrogen and oxygen atoms in total. The van der Waals surface area contributed by atoms with Crippen molar-refractivity contribution in [2.75, 3.05) is 5.32 Å². The number of anilines is 1. The Bertz CT molecular complexity index is 1090. The number of imidazole rings is 1. The third kappa shape index (κ3) is 4.13. The van der Waals surface area contributed by atoms with Crippen molar-refractivity contribution in [1.82, 2.24) is 14.5 Å². The van der Waals surface area contributed by atoms with Gasteiger partial charge in [-0.1, -0.05) is 41.9 Å². The van der Waals surface area contributed by atoms with Crippen LogP contribution in [0.15, 0.2) is 72.9 Å². The minimum atomic E-state index is -0.209. The van der Waals surface area contributed by atoms with Crippen LogP contribution in [-0.4, -0.2) is 20.4 Å². The van der Waals surface area contributed by atoms with Crippen LogP contribution in [0, 0.1) is 0 Å². The highest BCUT2D eigenvalue weighted by Crippen LogP contribution is 2.19. The topological polar surface area (TPSA) is 69.0 Å². The number of aromatic nitrogens is 3. The number of nitrogens with zero attached hydrogens (tertiary/aromatic N) is 3. The number of para-hydroxylation sites is 3. The Morgan fingerprint density at radius 3 is 2.61 bits per heavy atom. The molecule has 2 aromatic heterocycles. The number of pyridine rings is 1. The van der Waals surface area contributed by atoms with Gasteiger partial charge < -0.3 is 14.6 Å². The number of fused-ring (bicyclic) bond motifs is 1. The lowest BCUT2D eigenvalue weighted by atomic mass is 10.3. The average Bonchev–Trinajstić information content (AvgIpc) is 3.06. The highest BCUT2D eigenvalue weighted by molar-refractivity contribution is 6.30. The number of nitrogens with one attached hydrogen (secondary N) is 1. The van der Waals surface area contributed by atoms with Crippen LogP contribution < -0.4 is 10.1 Å². The van der Waals surface area contributed by atoms with E-state index in [1.165, 1.54) is 6.20 Å². The second-order valence-electron chi connectivity index (χ2n) is 6.11. The Morgan fingerprint density at radius 2 is 1.82 bits per heavy atom. The Kier molecular flexibility index (Phi) is 5.21. The molecular formula is C21H17ClN4O2. The van der Waals surface area contributed by atoms with Crippen molar-refractivity contribution in [2.24, 2.45) is 0 Å². The highest BCUT2D eigenvalue weighted by atomic mass is 35.5. The summed E-state index contributed by atoms with van der Waals surface area (Å²) in [7, 11) is 0. The molecule has 0 radical (unpaired) electrons. The van der Waals surface area contributed by atoms with Gasteiger partial charge in [0.05, 0.1) is 16.1 Å². The summed E-state index contributed by atoms with van der Waals surface area (Å²) in [5.41, 5.74) is 1.68. The molecule has 0 fully saturated rings. The van der Waals surface area contributed by atoms with Gasteiger partial charge in [-0.25, -0.2) is 9.97 Å². The van der Waals surface area contributed by atoms with Crippen molar-refractivity contribution in [3.05, 3.63) is 83.8 Å². The molecule has 0 saturated carbocycles. The molecule has 7 heteroatoms. The van der Waals surface area contributed by atoms with Crippen LogP contribution in [0.3, 0.4) is 0 Å². The van der Waals surface area contributed by atoms with Crippen LogP contribution in [0.1, 0.15) is 5.82 Å². The lowest BCUT2D eigenvalue weighted by Crippen LogP contribution is -2.21. The van der Waals surface area contributed by atoms with Gasteiger partial charge in [0.2, 0.25) is 5.91 Å². The molecule has 28 heavy (non-hydrogen) atoms. The molecule has 0 aliphatic carbocycles. The fourth-order valence-corrected chi connectivity index (χ4v) is 2.96. The van der Waals surface area contributed by atoms with Gasteiger partial charge in [0.15, 0.2) is 0 Å². The van der Waals surface area contributed by atoms with E-state index in [1.807, 2.05) is 59.2 Å². The fraction of sp³-hybridized carbons (Fsp3) is 0.0952. The van der Waals surface area contributed by atoms with Crippen LogP contribution in [0.2, 0.25) is 5.02 Å². The molecule has 0 bridgehead atoms. The SMILES string of the molecule is O=C(Cn1c(COc2ccccc2)nc2ccccc21)Nc1ccc(Cl)cn1. The van der Waals surface area contributed by atoms with E-state index in [4.69, 9.17) is 16.3 Å². The molecule has 2 aromatic carbocycles. The third-order valence-corrected chi connectivity index (χ3v) is 4.36. The fourth-order valence-electron chi connectivity index (χ4n) is 2.85. The molecule has 0 unspecified atom stereocenters. The number of carbonyl (C=O) groups is 1. The predicted molar refractivity (Wildman–Crippen MR) is 108 cm³/mol. The van der Waals surface area contributed by atoms with E-state index in [0.29, 0.717) is 16.7 Å². The Balaban J connectivity index is 1.55. The summed E-state index contributed by atoms with van der Waals surface area (Å²) in [6, 6.07) is 20.5. The zero-order chi connectivity index (χ0) is 19.3. The van der Waals surface area contributed by atoms with Crippen LogP contribution in [-0.2, 0) is 17.9 Å². The van der Waals surface area contributed by atoms with E-state index >= 15 is 0 Å². The summed E-state index contributed by atoms with van der Waals surface area (Å²) in [4.78, 5) is 21.3. The number of hydrogen-bond acceptors (Lipinski definition) is 4. The van der Waals surface area contributed by atoms with Crippen molar-refractivity contribution >= 4 is 34.4 Å². The van der Waals surface area contributed by atoms with Crippen molar-refractivity contribution in [3.63, 3.8) is 0 Å². The summed E-state index contributed by atoms with van der Waals surface area (Å²) in [5.74, 6) is 1.65. The molecule has 1 N–H and O–H groups in total. The Hall–Kier alpha value is -3.38. The first-order chi connectivity index (χ1) is 13.7. The normalized spacial score (nSPS) is 10.8. The monoisotopic (exact) mass is 392 g/mol. The first kappa shape index (κ1) is 18.0. The minimum absolute atomic E-state index is 0.0955. The molecule has 4 aromatic rings. The summed E-state index contributed by atoms with van der Waals surface area (Å²) in [6.45, 7) is 0.351. The third-order valence-electron chi connectivity index (χ3n) is 4.14. The maximum atomic E-state index is 12.6. The van der Waals surface area contributed by atoms with Gasteiger partial charge in [0.25, 0.3) is 0 Å². The molecule has 0 aliphatic rings. The molecule has 0 spiro atoms. The second-order valence-corrected chi connectivity index (χ2v) is 6.55. The highest BCUT2D eigenvalue weighted by Gasteiger charge is 2.14. The number of halogens is 1. The number of ether oxygens (including phenoxy) is 1. The van der Waals surface area contributed by atoms with E-state index in [2.05, 4.69) is 15.3 Å². The molecule has 140 valence electrons.